The Labute approximate surface area is 213 Å². The number of hydrogen-bond donors (Lipinski definition) is 0. The van der Waals surface area contributed by atoms with Gasteiger partial charge in [-0.05, 0) is 67.8 Å². The second kappa shape index (κ2) is 9.66. The Hall–Kier alpha value is -2.85. The van der Waals surface area contributed by atoms with Crippen LogP contribution in [-0.2, 0) is 21.4 Å². The van der Waals surface area contributed by atoms with Crippen LogP contribution in [0.25, 0.3) is 10.2 Å². The fourth-order valence-corrected chi connectivity index (χ4v) is 7.11. The Bertz CT molecular complexity index is 1470. The van der Waals surface area contributed by atoms with Crippen molar-refractivity contribution in [2.75, 3.05) is 11.4 Å². The fourth-order valence-electron chi connectivity index (χ4n) is 4.28. The molecule has 4 aromatic rings. The number of anilines is 1. The molecular weight excluding hydrogens is 504 g/mol. The van der Waals surface area contributed by atoms with Gasteiger partial charge < -0.3 is 0 Å². The minimum absolute atomic E-state index is 0.119. The lowest BCUT2D eigenvalue weighted by Crippen LogP contribution is -2.47. The number of halogens is 1. The molecule has 0 spiro atoms. The molecule has 3 heterocycles. The predicted octanol–water partition coefficient (Wildman–Crippen LogP) is 5.04. The van der Waals surface area contributed by atoms with Crippen molar-refractivity contribution in [2.24, 2.45) is 0 Å². The van der Waals surface area contributed by atoms with Crippen molar-refractivity contribution in [3.05, 3.63) is 83.1 Å². The highest BCUT2D eigenvalue weighted by molar-refractivity contribution is 7.89. The normalized spacial score (nSPS) is 16.6. The number of pyridine rings is 1. The van der Waals surface area contributed by atoms with E-state index in [1.807, 2.05) is 43.3 Å². The van der Waals surface area contributed by atoms with Gasteiger partial charge in [0.25, 0.3) is 0 Å². The van der Waals surface area contributed by atoms with Gasteiger partial charge in [0.05, 0.1) is 27.4 Å². The summed E-state index contributed by atoms with van der Waals surface area (Å²) in [5, 5.41) is 0.978. The number of aryl methyl sites for hydroxylation is 1. The molecule has 1 unspecified atom stereocenters. The van der Waals surface area contributed by atoms with Crippen molar-refractivity contribution >= 4 is 54.2 Å². The minimum atomic E-state index is -3.87. The largest absolute Gasteiger partial charge is 0.281 e. The van der Waals surface area contributed by atoms with E-state index in [1.165, 1.54) is 39.9 Å². The average molecular weight is 527 g/mol. The van der Waals surface area contributed by atoms with Crippen LogP contribution in [-0.4, -0.2) is 41.2 Å². The first-order chi connectivity index (χ1) is 16.8. The number of fused-ring (bicyclic) bond motifs is 1. The van der Waals surface area contributed by atoms with Crippen LogP contribution in [0.15, 0.2) is 71.8 Å². The molecule has 10 heteroatoms. The SMILES string of the molecule is Cc1cccc2sc(N(Cc3ccccn3)C(=O)C3CCCN3S(=O)(=O)c3ccc(Cl)cc3)nc12. The summed E-state index contributed by atoms with van der Waals surface area (Å²) in [7, 11) is -3.87. The molecule has 1 amide bonds. The number of benzene rings is 2. The second-order valence-corrected chi connectivity index (χ2v) is 11.7. The molecule has 7 nitrogen and oxygen atoms in total. The van der Waals surface area contributed by atoms with E-state index in [9.17, 15) is 13.2 Å². The highest BCUT2D eigenvalue weighted by Gasteiger charge is 2.42. The van der Waals surface area contributed by atoms with Gasteiger partial charge in [0.1, 0.15) is 6.04 Å². The first kappa shape index (κ1) is 23.9. The van der Waals surface area contributed by atoms with Crippen LogP contribution < -0.4 is 4.90 Å². The van der Waals surface area contributed by atoms with Crippen LogP contribution in [0.2, 0.25) is 5.02 Å². The van der Waals surface area contributed by atoms with Gasteiger partial charge >= 0.3 is 0 Å². The number of rotatable bonds is 6. The number of amides is 1. The zero-order chi connectivity index (χ0) is 24.6. The molecule has 1 atom stereocenters. The van der Waals surface area contributed by atoms with E-state index in [2.05, 4.69) is 4.98 Å². The quantitative estimate of drug-likeness (QED) is 0.351. The first-order valence-electron chi connectivity index (χ1n) is 11.2. The van der Waals surface area contributed by atoms with Crippen LogP contribution >= 0.6 is 22.9 Å². The van der Waals surface area contributed by atoms with Gasteiger partial charge in [-0.3, -0.25) is 14.7 Å². The van der Waals surface area contributed by atoms with Crippen LogP contribution in [0.4, 0.5) is 5.13 Å². The van der Waals surface area contributed by atoms with E-state index in [1.54, 1.807) is 11.1 Å². The number of carbonyl (C=O) groups is 1. The smallest absolute Gasteiger partial charge is 0.247 e. The monoisotopic (exact) mass is 526 g/mol. The topological polar surface area (TPSA) is 83.5 Å². The number of nitrogens with zero attached hydrogens (tertiary/aromatic N) is 4. The Balaban J connectivity index is 1.53. The molecule has 35 heavy (non-hydrogen) atoms. The van der Waals surface area contributed by atoms with Gasteiger partial charge in [-0.2, -0.15) is 4.31 Å². The molecule has 180 valence electrons. The van der Waals surface area contributed by atoms with Crippen LogP contribution in [0.3, 0.4) is 0 Å². The maximum atomic E-state index is 14.0. The zero-order valence-electron chi connectivity index (χ0n) is 19.0. The van der Waals surface area contributed by atoms with Crippen molar-refractivity contribution in [3.63, 3.8) is 0 Å². The molecule has 1 aliphatic rings. The number of hydrogen-bond acceptors (Lipinski definition) is 6. The maximum absolute atomic E-state index is 14.0. The maximum Gasteiger partial charge on any atom is 0.247 e. The van der Waals surface area contributed by atoms with Crippen molar-refractivity contribution in [2.45, 2.75) is 37.2 Å². The van der Waals surface area contributed by atoms with Crippen LogP contribution in [0, 0.1) is 6.92 Å². The number of thiazole rings is 1. The zero-order valence-corrected chi connectivity index (χ0v) is 21.4. The molecular formula is C25H23ClN4O3S2. The van der Waals surface area contributed by atoms with E-state index in [0.29, 0.717) is 28.7 Å². The summed E-state index contributed by atoms with van der Waals surface area (Å²) in [5.41, 5.74) is 2.55. The van der Waals surface area contributed by atoms with E-state index < -0.39 is 16.1 Å². The minimum Gasteiger partial charge on any atom is -0.281 e. The molecule has 1 fully saturated rings. The molecule has 2 aromatic heterocycles. The Morgan fingerprint density at radius 1 is 1.14 bits per heavy atom. The number of sulfonamides is 1. The van der Waals surface area contributed by atoms with Crippen LogP contribution in [0.5, 0.6) is 0 Å². The molecule has 5 rings (SSSR count). The summed E-state index contributed by atoms with van der Waals surface area (Å²) in [5.74, 6) is -0.303. The number of para-hydroxylation sites is 1. The van der Waals surface area contributed by atoms with Gasteiger partial charge in [-0.15, -0.1) is 0 Å². The lowest BCUT2D eigenvalue weighted by atomic mass is 10.2. The predicted molar refractivity (Wildman–Crippen MR) is 138 cm³/mol. The summed E-state index contributed by atoms with van der Waals surface area (Å²) in [6.45, 7) is 2.45. The van der Waals surface area contributed by atoms with Crippen molar-refractivity contribution < 1.29 is 13.2 Å². The van der Waals surface area contributed by atoms with Crippen molar-refractivity contribution in [3.8, 4) is 0 Å². The molecule has 1 saturated heterocycles. The van der Waals surface area contributed by atoms with Gasteiger partial charge in [-0.1, -0.05) is 41.1 Å². The molecule has 0 radical (unpaired) electrons. The fraction of sp³-hybridized carbons (Fsp3) is 0.240. The number of aromatic nitrogens is 2. The third-order valence-corrected chi connectivity index (χ3v) is 9.28. The molecule has 0 saturated carbocycles. The highest BCUT2D eigenvalue weighted by Crippen LogP contribution is 2.34. The summed E-state index contributed by atoms with van der Waals surface area (Å²) < 4.78 is 29.2. The summed E-state index contributed by atoms with van der Waals surface area (Å²) in [6, 6.07) is 16.6. The van der Waals surface area contributed by atoms with Crippen LogP contribution in [0.1, 0.15) is 24.1 Å². The standard InChI is InChI=1S/C25H23ClN4O3S2/c1-17-6-4-9-22-23(17)28-25(34-22)29(16-19-7-2-3-14-27-19)24(31)21-8-5-15-30(21)35(32,33)20-12-10-18(26)11-13-20/h2-4,6-7,9-14,21H,5,8,15-16H2,1H3. The van der Waals surface area contributed by atoms with E-state index in [-0.39, 0.29) is 23.9 Å². The molecule has 0 N–H and O–H groups in total. The van der Waals surface area contributed by atoms with Crippen molar-refractivity contribution in [1.82, 2.24) is 14.3 Å². The van der Waals surface area contributed by atoms with Gasteiger partial charge in [0, 0.05) is 17.8 Å². The van der Waals surface area contributed by atoms with Gasteiger partial charge in [-0.25, -0.2) is 13.4 Å². The van der Waals surface area contributed by atoms with E-state index in [0.717, 1.165) is 15.8 Å². The third-order valence-electron chi connectivity index (χ3n) is 6.06. The lowest BCUT2D eigenvalue weighted by molar-refractivity contribution is -0.121. The lowest BCUT2D eigenvalue weighted by Gasteiger charge is -2.28. The summed E-state index contributed by atoms with van der Waals surface area (Å²) in [4.78, 5) is 24.8. The summed E-state index contributed by atoms with van der Waals surface area (Å²) in [6.07, 6.45) is 2.71. The van der Waals surface area contributed by atoms with Gasteiger partial charge in [0.15, 0.2) is 5.13 Å². The molecule has 1 aliphatic heterocycles. The Morgan fingerprint density at radius 2 is 1.94 bits per heavy atom. The summed E-state index contributed by atoms with van der Waals surface area (Å²) >= 11 is 7.37. The van der Waals surface area contributed by atoms with E-state index >= 15 is 0 Å². The van der Waals surface area contributed by atoms with E-state index in [4.69, 9.17) is 16.6 Å². The average Bonchev–Trinajstić information content (AvgIpc) is 3.52. The van der Waals surface area contributed by atoms with Gasteiger partial charge in [0.2, 0.25) is 15.9 Å². The highest BCUT2D eigenvalue weighted by atomic mass is 35.5. The number of carbonyl (C=O) groups excluding carboxylic acids is 1. The first-order valence-corrected chi connectivity index (χ1v) is 13.8. The molecule has 2 aromatic carbocycles. The Morgan fingerprint density at radius 3 is 2.66 bits per heavy atom. The third kappa shape index (κ3) is 4.69. The molecule has 0 aliphatic carbocycles. The second-order valence-electron chi connectivity index (χ2n) is 8.39. The molecule has 0 bridgehead atoms. The van der Waals surface area contributed by atoms with Crippen molar-refractivity contribution in [1.29, 1.82) is 0 Å². The Kier molecular flexibility index (Phi) is 6.59.